The minimum Gasteiger partial charge on any atom is -0.492 e. The lowest BCUT2D eigenvalue weighted by Crippen LogP contribution is -2.49. The molecule has 8 nitrogen and oxygen atoms in total. The molecule has 1 fully saturated rings. The summed E-state index contributed by atoms with van der Waals surface area (Å²) >= 11 is 0. The second kappa shape index (κ2) is 6.06. The number of hydrogen-bond acceptors (Lipinski definition) is 6. The molecule has 1 saturated heterocycles. The smallest absolute Gasteiger partial charge is 0.246 e. The predicted octanol–water partition coefficient (Wildman–Crippen LogP) is 0.641. The molecule has 0 atom stereocenters. The Balaban J connectivity index is 1.56. The van der Waals surface area contributed by atoms with Crippen LogP contribution in [0.25, 0.3) is 0 Å². The molecule has 24 heavy (non-hydrogen) atoms. The van der Waals surface area contributed by atoms with E-state index in [1.54, 1.807) is 12.1 Å². The van der Waals surface area contributed by atoms with Crippen LogP contribution in [0.5, 0.6) is 5.75 Å². The second-order valence-electron chi connectivity index (χ2n) is 5.90. The summed E-state index contributed by atoms with van der Waals surface area (Å²) in [5, 5.41) is 6.64. The van der Waals surface area contributed by atoms with Crippen molar-refractivity contribution in [1.29, 1.82) is 0 Å². The van der Waals surface area contributed by atoms with Crippen molar-refractivity contribution in [1.82, 2.24) is 19.5 Å². The van der Waals surface area contributed by atoms with Gasteiger partial charge in [0.15, 0.2) is 0 Å². The van der Waals surface area contributed by atoms with Crippen molar-refractivity contribution < 1.29 is 13.2 Å². The van der Waals surface area contributed by atoms with Gasteiger partial charge in [0, 0.05) is 26.2 Å². The van der Waals surface area contributed by atoms with Gasteiger partial charge in [0.25, 0.3) is 0 Å². The number of para-hydroxylation sites is 1. The highest BCUT2D eigenvalue weighted by Crippen LogP contribution is 2.34. The molecule has 1 aromatic heterocycles. The van der Waals surface area contributed by atoms with Crippen LogP contribution in [0, 0.1) is 0 Å². The van der Waals surface area contributed by atoms with Crippen LogP contribution in [0.1, 0.15) is 12.0 Å². The molecule has 0 unspecified atom stereocenters. The van der Waals surface area contributed by atoms with Gasteiger partial charge in [-0.3, -0.25) is 0 Å². The second-order valence-corrected chi connectivity index (χ2v) is 7.80. The zero-order chi connectivity index (χ0) is 16.6. The number of aromatic amines is 1. The zero-order valence-corrected chi connectivity index (χ0v) is 14.0. The number of sulfonamides is 1. The Bertz CT molecular complexity index is 814. The minimum atomic E-state index is -3.56. The fraction of sp³-hybridized carbons (Fsp3) is 0.467. The van der Waals surface area contributed by atoms with E-state index in [9.17, 15) is 8.42 Å². The zero-order valence-electron chi connectivity index (χ0n) is 13.2. The van der Waals surface area contributed by atoms with Gasteiger partial charge in [-0.2, -0.15) is 14.4 Å². The first-order valence-corrected chi connectivity index (χ1v) is 9.45. The van der Waals surface area contributed by atoms with Crippen LogP contribution in [0.2, 0.25) is 0 Å². The molecule has 3 heterocycles. The molecule has 9 heteroatoms. The van der Waals surface area contributed by atoms with Crippen molar-refractivity contribution in [3.63, 3.8) is 0 Å². The van der Waals surface area contributed by atoms with Crippen LogP contribution in [0.15, 0.2) is 29.4 Å². The number of ether oxygens (including phenoxy) is 1. The summed E-state index contributed by atoms with van der Waals surface area (Å²) in [6, 6.07) is 5.38. The number of aryl methyl sites for hydroxylation is 1. The van der Waals surface area contributed by atoms with Crippen LogP contribution in [-0.2, 0) is 16.4 Å². The van der Waals surface area contributed by atoms with E-state index in [1.165, 1.54) is 10.6 Å². The quantitative estimate of drug-likeness (QED) is 0.874. The van der Waals surface area contributed by atoms with Gasteiger partial charge in [-0.1, -0.05) is 12.1 Å². The van der Waals surface area contributed by atoms with E-state index in [0.717, 1.165) is 18.4 Å². The molecule has 1 aromatic carbocycles. The summed E-state index contributed by atoms with van der Waals surface area (Å²) in [6.45, 7) is 2.53. The number of aromatic nitrogens is 3. The molecule has 2 aliphatic rings. The van der Waals surface area contributed by atoms with Crippen molar-refractivity contribution in [2.24, 2.45) is 0 Å². The van der Waals surface area contributed by atoms with E-state index in [4.69, 9.17) is 4.74 Å². The number of nitrogens with one attached hydrogen (secondary N) is 1. The summed E-state index contributed by atoms with van der Waals surface area (Å²) in [6.07, 6.45) is 3.23. The van der Waals surface area contributed by atoms with Crippen LogP contribution in [0.4, 0.5) is 5.95 Å². The molecule has 0 aliphatic carbocycles. The summed E-state index contributed by atoms with van der Waals surface area (Å²) in [4.78, 5) is 6.40. The highest BCUT2D eigenvalue weighted by atomic mass is 32.2. The third kappa shape index (κ3) is 2.63. The Kier molecular flexibility index (Phi) is 3.89. The topological polar surface area (TPSA) is 91.4 Å². The minimum absolute atomic E-state index is 0.285. The first-order valence-electron chi connectivity index (χ1n) is 8.01. The fourth-order valence-electron chi connectivity index (χ4n) is 3.19. The average Bonchev–Trinajstić information content (AvgIpc) is 3.16. The maximum absolute atomic E-state index is 13.0. The van der Waals surface area contributed by atoms with E-state index in [0.29, 0.717) is 44.5 Å². The normalized spacial score (nSPS) is 18.9. The van der Waals surface area contributed by atoms with Crippen LogP contribution in [-0.4, -0.2) is 60.7 Å². The Hall–Kier alpha value is -2.13. The molecule has 0 bridgehead atoms. The Labute approximate surface area is 140 Å². The first kappa shape index (κ1) is 15.4. The molecule has 2 aromatic rings. The van der Waals surface area contributed by atoms with Crippen LogP contribution < -0.4 is 9.64 Å². The number of hydrogen-bond donors (Lipinski definition) is 1. The maximum Gasteiger partial charge on any atom is 0.246 e. The van der Waals surface area contributed by atoms with Gasteiger partial charge in [-0.15, -0.1) is 0 Å². The fourth-order valence-corrected chi connectivity index (χ4v) is 4.79. The molecule has 1 N–H and O–H groups in total. The number of rotatable bonds is 3. The van der Waals surface area contributed by atoms with Crippen molar-refractivity contribution >= 4 is 16.0 Å². The number of anilines is 1. The molecule has 2 aliphatic heterocycles. The molecular formula is C15H19N5O3S. The SMILES string of the molecule is O=S(=O)(c1cccc2c1OCCC2)N1CCN(c2ncn[nH]2)CC1. The van der Waals surface area contributed by atoms with Crippen molar-refractivity contribution in [3.8, 4) is 5.75 Å². The molecule has 128 valence electrons. The lowest BCUT2D eigenvalue weighted by molar-refractivity contribution is 0.278. The largest absolute Gasteiger partial charge is 0.492 e. The van der Waals surface area contributed by atoms with E-state index < -0.39 is 10.0 Å². The van der Waals surface area contributed by atoms with Gasteiger partial charge >= 0.3 is 0 Å². The third-order valence-corrected chi connectivity index (χ3v) is 6.38. The van der Waals surface area contributed by atoms with Gasteiger partial charge < -0.3 is 9.64 Å². The van der Waals surface area contributed by atoms with Gasteiger partial charge in [0.2, 0.25) is 16.0 Å². The van der Waals surface area contributed by atoms with Gasteiger partial charge in [0.1, 0.15) is 17.0 Å². The number of piperazine rings is 1. The number of fused-ring (bicyclic) bond motifs is 1. The summed E-state index contributed by atoms with van der Waals surface area (Å²) in [5.41, 5.74) is 0.975. The molecule has 0 saturated carbocycles. The third-order valence-electron chi connectivity index (χ3n) is 4.46. The van der Waals surface area contributed by atoms with Crippen LogP contribution in [0.3, 0.4) is 0 Å². The van der Waals surface area contributed by atoms with E-state index in [2.05, 4.69) is 15.2 Å². The lowest BCUT2D eigenvalue weighted by Gasteiger charge is -2.34. The Morgan fingerprint density at radius 2 is 2.00 bits per heavy atom. The monoisotopic (exact) mass is 349 g/mol. The summed E-state index contributed by atoms with van der Waals surface area (Å²) in [7, 11) is -3.56. The maximum atomic E-state index is 13.0. The average molecular weight is 349 g/mol. The van der Waals surface area contributed by atoms with E-state index in [1.807, 2.05) is 11.0 Å². The van der Waals surface area contributed by atoms with Gasteiger partial charge in [-0.05, 0) is 24.5 Å². The number of nitrogens with zero attached hydrogens (tertiary/aromatic N) is 4. The first-order chi connectivity index (χ1) is 11.7. The highest BCUT2D eigenvalue weighted by Gasteiger charge is 2.32. The molecule has 4 rings (SSSR count). The molecular weight excluding hydrogens is 330 g/mol. The van der Waals surface area contributed by atoms with Crippen molar-refractivity contribution in [2.45, 2.75) is 17.7 Å². The molecule has 0 amide bonds. The van der Waals surface area contributed by atoms with Gasteiger partial charge in [-0.25, -0.2) is 13.5 Å². The lowest BCUT2D eigenvalue weighted by atomic mass is 10.1. The number of H-pyrrole nitrogens is 1. The predicted molar refractivity (Wildman–Crippen MR) is 87.6 cm³/mol. The summed E-state index contributed by atoms with van der Waals surface area (Å²) < 4.78 is 33.3. The number of benzene rings is 1. The highest BCUT2D eigenvalue weighted by molar-refractivity contribution is 7.89. The van der Waals surface area contributed by atoms with E-state index >= 15 is 0 Å². The van der Waals surface area contributed by atoms with Crippen LogP contribution >= 0.6 is 0 Å². The Morgan fingerprint density at radius 3 is 2.75 bits per heavy atom. The van der Waals surface area contributed by atoms with Gasteiger partial charge in [0.05, 0.1) is 6.61 Å². The molecule has 0 spiro atoms. The summed E-state index contributed by atoms with van der Waals surface area (Å²) in [5.74, 6) is 1.20. The standard InChI is InChI=1S/C15H19N5O3S/c21-24(22,13-5-1-3-12-4-2-10-23-14(12)13)20-8-6-19(7-9-20)15-16-11-17-18-15/h1,3,5,11H,2,4,6-10H2,(H,16,17,18). The van der Waals surface area contributed by atoms with Crippen molar-refractivity contribution in [3.05, 3.63) is 30.1 Å². The Morgan fingerprint density at radius 1 is 1.17 bits per heavy atom. The van der Waals surface area contributed by atoms with E-state index in [-0.39, 0.29) is 4.90 Å². The van der Waals surface area contributed by atoms with Crippen molar-refractivity contribution in [2.75, 3.05) is 37.7 Å². The molecule has 0 radical (unpaired) electrons.